The molecule has 17 heavy (non-hydrogen) atoms. The van der Waals surface area contributed by atoms with Crippen molar-refractivity contribution < 1.29 is 0 Å². The van der Waals surface area contributed by atoms with Crippen molar-refractivity contribution in [1.82, 2.24) is 15.0 Å². The fraction of sp³-hybridized carbons (Fsp3) is 0.273. The Kier molecular flexibility index (Phi) is 3.25. The molecule has 0 amide bonds. The molecular weight excluding hydrogens is 304 g/mol. The summed E-state index contributed by atoms with van der Waals surface area (Å²) in [4.78, 5) is 0. The summed E-state index contributed by atoms with van der Waals surface area (Å²) < 4.78 is 2.50. The van der Waals surface area contributed by atoms with Crippen LogP contribution in [0.4, 0.5) is 0 Å². The maximum absolute atomic E-state index is 6.03. The van der Waals surface area contributed by atoms with Crippen LogP contribution in [0.25, 0.3) is 5.69 Å². The second-order valence-electron chi connectivity index (χ2n) is 4.37. The van der Waals surface area contributed by atoms with E-state index in [0.29, 0.717) is 5.02 Å². The van der Waals surface area contributed by atoms with Crippen molar-refractivity contribution in [3.8, 4) is 5.69 Å². The van der Waals surface area contributed by atoms with E-state index < -0.39 is 5.54 Å². The zero-order valence-electron chi connectivity index (χ0n) is 9.48. The summed E-state index contributed by atoms with van der Waals surface area (Å²) in [5.41, 5.74) is 7.03. The highest BCUT2D eigenvalue weighted by atomic mass is 79.9. The Morgan fingerprint density at radius 3 is 2.65 bits per heavy atom. The average molecular weight is 316 g/mol. The third-order valence-corrected chi connectivity index (χ3v) is 3.55. The lowest BCUT2D eigenvalue weighted by Gasteiger charge is -2.13. The predicted octanol–water partition coefficient (Wildman–Crippen LogP) is 2.88. The first-order valence-corrected chi connectivity index (χ1v) is 6.22. The van der Waals surface area contributed by atoms with Crippen LogP contribution in [0.2, 0.25) is 5.02 Å². The second-order valence-corrected chi connectivity index (χ2v) is 5.63. The van der Waals surface area contributed by atoms with Gasteiger partial charge in [0.25, 0.3) is 0 Å². The van der Waals surface area contributed by atoms with E-state index in [-0.39, 0.29) is 0 Å². The van der Waals surface area contributed by atoms with Gasteiger partial charge in [0.1, 0.15) is 5.69 Å². The lowest BCUT2D eigenvalue weighted by atomic mass is 10.0. The van der Waals surface area contributed by atoms with Crippen LogP contribution in [0.3, 0.4) is 0 Å². The van der Waals surface area contributed by atoms with Gasteiger partial charge in [0.2, 0.25) is 0 Å². The molecule has 2 aromatic rings. The first-order valence-electron chi connectivity index (χ1n) is 5.05. The van der Waals surface area contributed by atoms with Gasteiger partial charge in [-0.3, -0.25) is 0 Å². The molecule has 6 heteroatoms. The van der Waals surface area contributed by atoms with Gasteiger partial charge in [0.15, 0.2) is 0 Å². The van der Waals surface area contributed by atoms with Crippen LogP contribution >= 0.6 is 27.5 Å². The molecule has 0 aliphatic heterocycles. The van der Waals surface area contributed by atoms with Gasteiger partial charge in [-0.2, -0.15) is 0 Å². The van der Waals surface area contributed by atoms with E-state index in [1.807, 2.05) is 32.0 Å². The molecule has 4 nitrogen and oxygen atoms in total. The molecule has 0 aliphatic carbocycles. The summed E-state index contributed by atoms with van der Waals surface area (Å²) in [5.74, 6) is 0. The van der Waals surface area contributed by atoms with Gasteiger partial charge in [0.05, 0.1) is 22.4 Å². The largest absolute Gasteiger partial charge is 0.320 e. The highest BCUT2D eigenvalue weighted by Crippen LogP contribution is 2.25. The molecule has 90 valence electrons. The molecule has 0 unspecified atom stereocenters. The van der Waals surface area contributed by atoms with Crippen LogP contribution in [0.1, 0.15) is 19.5 Å². The molecule has 1 aromatic carbocycles. The molecule has 1 heterocycles. The van der Waals surface area contributed by atoms with Crippen LogP contribution in [-0.2, 0) is 5.54 Å². The summed E-state index contributed by atoms with van der Waals surface area (Å²) >= 11 is 9.37. The number of hydrogen-bond donors (Lipinski definition) is 1. The van der Waals surface area contributed by atoms with Crippen LogP contribution in [-0.4, -0.2) is 15.0 Å². The SMILES string of the molecule is CC(C)(N)c1cn(-c2ccc(Br)c(Cl)c2)nn1. The normalized spacial score (nSPS) is 11.8. The fourth-order valence-electron chi connectivity index (χ4n) is 1.31. The van der Waals surface area contributed by atoms with Crippen molar-refractivity contribution in [3.63, 3.8) is 0 Å². The zero-order chi connectivity index (χ0) is 12.6. The van der Waals surface area contributed by atoms with Crippen molar-refractivity contribution in [2.24, 2.45) is 5.73 Å². The molecule has 0 fully saturated rings. The van der Waals surface area contributed by atoms with E-state index in [1.165, 1.54) is 0 Å². The third-order valence-electron chi connectivity index (χ3n) is 2.32. The van der Waals surface area contributed by atoms with Crippen molar-refractivity contribution in [1.29, 1.82) is 0 Å². The topological polar surface area (TPSA) is 56.7 Å². The summed E-state index contributed by atoms with van der Waals surface area (Å²) in [7, 11) is 0. The first kappa shape index (κ1) is 12.5. The van der Waals surface area contributed by atoms with E-state index in [1.54, 1.807) is 10.9 Å². The van der Waals surface area contributed by atoms with E-state index in [4.69, 9.17) is 17.3 Å². The van der Waals surface area contributed by atoms with Crippen molar-refractivity contribution in [2.75, 3.05) is 0 Å². The Hall–Kier alpha value is -0.910. The van der Waals surface area contributed by atoms with Gasteiger partial charge in [-0.05, 0) is 48.0 Å². The van der Waals surface area contributed by atoms with Gasteiger partial charge in [-0.25, -0.2) is 4.68 Å². The predicted molar refractivity (Wildman–Crippen MR) is 71.3 cm³/mol. The minimum absolute atomic E-state index is 0.503. The number of benzene rings is 1. The number of nitrogens with two attached hydrogens (primary N) is 1. The Morgan fingerprint density at radius 2 is 2.12 bits per heavy atom. The molecule has 0 atom stereocenters. The number of hydrogen-bond acceptors (Lipinski definition) is 3. The van der Waals surface area contributed by atoms with Crippen LogP contribution in [0.5, 0.6) is 0 Å². The lowest BCUT2D eigenvalue weighted by Crippen LogP contribution is -2.29. The van der Waals surface area contributed by atoms with Crippen LogP contribution in [0, 0.1) is 0 Å². The Morgan fingerprint density at radius 1 is 1.41 bits per heavy atom. The lowest BCUT2D eigenvalue weighted by molar-refractivity contribution is 0.533. The van der Waals surface area contributed by atoms with Gasteiger partial charge in [-0.1, -0.05) is 16.8 Å². The summed E-state index contributed by atoms with van der Waals surface area (Å²) in [5, 5.41) is 8.72. The average Bonchev–Trinajstić information content (AvgIpc) is 2.70. The molecular formula is C11H12BrClN4. The van der Waals surface area contributed by atoms with Gasteiger partial charge < -0.3 is 5.73 Å². The van der Waals surface area contributed by atoms with Crippen molar-refractivity contribution in [2.45, 2.75) is 19.4 Å². The molecule has 0 bridgehead atoms. The number of halogens is 2. The minimum atomic E-state index is -0.503. The Labute approximate surface area is 113 Å². The second kappa shape index (κ2) is 4.40. The maximum Gasteiger partial charge on any atom is 0.102 e. The summed E-state index contributed by atoms with van der Waals surface area (Å²) in [6, 6.07) is 5.58. The smallest absolute Gasteiger partial charge is 0.102 e. The molecule has 0 radical (unpaired) electrons. The summed E-state index contributed by atoms with van der Waals surface area (Å²) in [6.07, 6.45) is 1.81. The van der Waals surface area contributed by atoms with Gasteiger partial charge in [-0.15, -0.1) is 5.10 Å². The van der Waals surface area contributed by atoms with Crippen molar-refractivity contribution in [3.05, 3.63) is 39.6 Å². The molecule has 0 saturated heterocycles. The van der Waals surface area contributed by atoms with Gasteiger partial charge in [0, 0.05) is 4.47 Å². The van der Waals surface area contributed by atoms with Crippen molar-refractivity contribution >= 4 is 27.5 Å². The standard InChI is InChI=1S/C11H12BrClN4/c1-11(2,14)10-6-17(16-15-10)7-3-4-8(12)9(13)5-7/h3-6H,14H2,1-2H3. The maximum atomic E-state index is 6.03. The molecule has 2 rings (SSSR count). The van der Waals surface area contributed by atoms with Crippen LogP contribution < -0.4 is 5.73 Å². The molecule has 0 saturated carbocycles. The molecule has 0 aliphatic rings. The van der Waals surface area contributed by atoms with Crippen LogP contribution in [0.15, 0.2) is 28.9 Å². The van der Waals surface area contributed by atoms with E-state index in [9.17, 15) is 0 Å². The Balaban J connectivity index is 2.40. The summed E-state index contributed by atoms with van der Waals surface area (Å²) in [6.45, 7) is 3.77. The number of rotatable bonds is 2. The fourth-order valence-corrected chi connectivity index (χ4v) is 1.73. The van der Waals surface area contributed by atoms with Gasteiger partial charge >= 0.3 is 0 Å². The Bertz CT molecular complexity index is 545. The minimum Gasteiger partial charge on any atom is -0.320 e. The monoisotopic (exact) mass is 314 g/mol. The third kappa shape index (κ3) is 2.68. The number of aromatic nitrogens is 3. The molecule has 2 N–H and O–H groups in total. The molecule has 1 aromatic heterocycles. The van der Waals surface area contributed by atoms with E-state index >= 15 is 0 Å². The molecule has 0 spiro atoms. The zero-order valence-corrected chi connectivity index (χ0v) is 11.8. The first-order chi connectivity index (χ1) is 7.88. The number of nitrogens with zero attached hydrogens (tertiary/aromatic N) is 3. The highest BCUT2D eigenvalue weighted by Gasteiger charge is 2.18. The highest BCUT2D eigenvalue weighted by molar-refractivity contribution is 9.10. The quantitative estimate of drug-likeness (QED) is 0.927. The van der Waals surface area contributed by atoms with E-state index in [2.05, 4.69) is 26.2 Å². The van der Waals surface area contributed by atoms with E-state index in [0.717, 1.165) is 15.9 Å².